The van der Waals surface area contributed by atoms with Gasteiger partial charge in [0.05, 0.1) is 12.2 Å². The van der Waals surface area contributed by atoms with Gasteiger partial charge in [0.1, 0.15) is 0 Å². The van der Waals surface area contributed by atoms with Gasteiger partial charge in [-0.3, -0.25) is 9.69 Å². The predicted molar refractivity (Wildman–Crippen MR) is 144 cm³/mol. The van der Waals surface area contributed by atoms with Gasteiger partial charge in [0.15, 0.2) is 17.0 Å². The van der Waals surface area contributed by atoms with Crippen LogP contribution in [0, 0.1) is 5.92 Å². The molecule has 2 aromatic rings. The number of aromatic nitrogens is 4. The zero-order chi connectivity index (χ0) is 25.7. The average molecular weight is 487 g/mol. The maximum atomic E-state index is 13.1. The fourth-order valence-electron chi connectivity index (χ4n) is 5.12. The molecule has 196 valence electrons. The van der Waals surface area contributed by atoms with Crippen molar-refractivity contribution < 1.29 is 4.79 Å². The van der Waals surface area contributed by atoms with Gasteiger partial charge in [-0.2, -0.15) is 9.97 Å². The molecular weight excluding hydrogens is 440 g/mol. The Morgan fingerprint density at radius 1 is 1.11 bits per heavy atom. The molecule has 9 heteroatoms. The van der Waals surface area contributed by atoms with E-state index in [2.05, 4.69) is 66.2 Å². The summed E-state index contributed by atoms with van der Waals surface area (Å²) in [6.45, 7) is 22.0. The second-order valence-corrected chi connectivity index (χ2v) is 10.4. The van der Waals surface area contributed by atoms with Gasteiger partial charge in [-0.1, -0.05) is 0 Å². The number of hydrogen-bond acceptors (Lipinski definition) is 7. The topological polar surface area (TPSA) is 82.4 Å². The quantitative estimate of drug-likeness (QED) is 0.514. The van der Waals surface area contributed by atoms with Gasteiger partial charge in [0, 0.05) is 57.4 Å². The smallest absolute Gasteiger partial charge is 0.229 e. The fraction of sp³-hybridized carbons (Fsp3) is 0.769. The third kappa shape index (κ3) is 6.23. The number of hydrogen-bond donors (Lipinski definition) is 1. The number of nitrogens with one attached hydrogen (secondary N) is 1. The maximum absolute atomic E-state index is 13.1. The molecule has 9 nitrogen and oxygen atoms in total. The molecule has 1 atom stereocenters. The van der Waals surface area contributed by atoms with Crippen LogP contribution < -0.4 is 10.2 Å². The first kappa shape index (κ1) is 27.2. The van der Waals surface area contributed by atoms with Gasteiger partial charge in [0.2, 0.25) is 11.9 Å². The summed E-state index contributed by atoms with van der Waals surface area (Å²) in [5, 5.41) is 3.56. The van der Waals surface area contributed by atoms with Crippen molar-refractivity contribution in [1.82, 2.24) is 29.3 Å². The van der Waals surface area contributed by atoms with E-state index in [0.29, 0.717) is 24.6 Å². The Hall–Kier alpha value is -2.42. The van der Waals surface area contributed by atoms with E-state index < -0.39 is 0 Å². The molecule has 1 aliphatic heterocycles. The van der Waals surface area contributed by atoms with Crippen molar-refractivity contribution in [2.75, 3.05) is 49.5 Å². The van der Waals surface area contributed by atoms with Crippen LogP contribution >= 0.6 is 0 Å². The Morgan fingerprint density at radius 2 is 1.80 bits per heavy atom. The summed E-state index contributed by atoms with van der Waals surface area (Å²) in [4.78, 5) is 34.2. The molecule has 0 spiro atoms. The molecule has 1 saturated heterocycles. The van der Waals surface area contributed by atoms with E-state index in [4.69, 9.17) is 9.97 Å². The first-order chi connectivity index (χ1) is 16.7. The standard InChI is InChI=1S/C26H46N8O/c1-9-31(10-2)25(35)21-12-11-14-32(16-21)26-29-23(27-13-15-33(18(3)4)19(5)6)22-24(30-26)34(17-28-22)20(7)8/h17-21H,9-16H2,1-8H3,(H,27,29,30). The van der Waals surface area contributed by atoms with Crippen LogP contribution in [0.1, 0.15) is 74.3 Å². The second-order valence-electron chi connectivity index (χ2n) is 10.4. The van der Waals surface area contributed by atoms with Crippen LogP contribution in [0.5, 0.6) is 0 Å². The molecule has 1 fully saturated rings. The van der Waals surface area contributed by atoms with Crippen LogP contribution in [0.4, 0.5) is 11.8 Å². The van der Waals surface area contributed by atoms with E-state index in [9.17, 15) is 4.79 Å². The first-order valence-electron chi connectivity index (χ1n) is 13.5. The molecule has 3 rings (SSSR count). The molecule has 1 N–H and O–H groups in total. The summed E-state index contributed by atoms with van der Waals surface area (Å²) in [5.74, 6) is 1.69. The van der Waals surface area contributed by atoms with Crippen molar-refractivity contribution in [3.63, 3.8) is 0 Å². The van der Waals surface area contributed by atoms with Crippen LogP contribution in [0.2, 0.25) is 0 Å². The number of carbonyl (C=O) groups is 1. The highest BCUT2D eigenvalue weighted by Crippen LogP contribution is 2.28. The zero-order valence-electron chi connectivity index (χ0n) is 23.1. The minimum Gasteiger partial charge on any atom is -0.367 e. The molecule has 2 aromatic heterocycles. The van der Waals surface area contributed by atoms with Gasteiger partial charge < -0.3 is 19.7 Å². The third-order valence-electron chi connectivity index (χ3n) is 7.08. The number of carbonyl (C=O) groups excluding carboxylic acids is 1. The van der Waals surface area contributed by atoms with Crippen molar-refractivity contribution in [3.8, 4) is 0 Å². The fourth-order valence-corrected chi connectivity index (χ4v) is 5.12. The monoisotopic (exact) mass is 486 g/mol. The Balaban J connectivity index is 1.88. The SMILES string of the molecule is CCN(CC)C(=O)C1CCCN(c2nc(NCCN(C(C)C)C(C)C)c3ncn(C(C)C)c3n2)C1. The minimum atomic E-state index is -0.0139. The largest absolute Gasteiger partial charge is 0.367 e. The number of anilines is 2. The highest BCUT2D eigenvalue weighted by molar-refractivity contribution is 5.85. The molecule has 1 aliphatic rings. The van der Waals surface area contributed by atoms with Crippen molar-refractivity contribution in [2.45, 2.75) is 86.4 Å². The lowest BCUT2D eigenvalue weighted by molar-refractivity contribution is -0.135. The van der Waals surface area contributed by atoms with E-state index >= 15 is 0 Å². The van der Waals surface area contributed by atoms with E-state index in [1.807, 2.05) is 25.1 Å². The lowest BCUT2D eigenvalue weighted by Crippen LogP contribution is -2.45. The van der Waals surface area contributed by atoms with Crippen molar-refractivity contribution >= 4 is 28.8 Å². The molecule has 0 saturated carbocycles. The Kier molecular flexibility index (Phi) is 9.33. The van der Waals surface area contributed by atoms with E-state index in [-0.39, 0.29) is 17.9 Å². The van der Waals surface area contributed by atoms with Gasteiger partial charge in [-0.05, 0) is 68.2 Å². The molecule has 1 unspecified atom stereocenters. The number of amides is 1. The number of nitrogens with zero attached hydrogens (tertiary/aromatic N) is 7. The Labute approximate surface area is 211 Å². The molecule has 0 radical (unpaired) electrons. The summed E-state index contributed by atoms with van der Waals surface area (Å²) in [5.41, 5.74) is 1.64. The molecule has 35 heavy (non-hydrogen) atoms. The number of fused-ring (bicyclic) bond motifs is 1. The predicted octanol–water partition coefficient (Wildman–Crippen LogP) is 4.02. The van der Waals surface area contributed by atoms with Crippen LogP contribution in [-0.2, 0) is 4.79 Å². The van der Waals surface area contributed by atoms with Crippen molar-refractivity contribution in [2.24, 2.45) is 5.92 Å². The molecule has 0 aliphatic carbocycles. The van der Waals surface area contributed by atoms with Crippen LogP contribution in [0.3, 0.4) is 0 Å². The summed E-state index contributed by atoms with van der Waals surface area (Å²) in [6, 6.07) is 1.20. The summed E-state index contributed by atoms with van der Waals surface area (Å²) in [7, 11) is 0. The number of imidazole rings is 1. The van der Waals surface area contributed by atoms with Gasteiger partial charge in [0.25, 0.3) is 0 Å². The van der Waals surface area contributed by atoms with Crippen LogP contribution in [-0.4, -0.2) is 86.6 Å². The highest BCUT2D eigenvalue weighted by atomic mass is 16.2. The highest BCUT2D eigenvalue weighted by Gasteiger charge is 2.30. The van der Waals surface area contributed by atoms with E-state index in [0.717, 1.165) is 62.5 Å². The van der Waals surface area contributed by atoms with Crippen LogP contribution in [0.15, 0.2) is 6.33 Å². The molecular formula is C26H46N8O. The number of rotatable bonds is 11. The molecule has 3 heterocycles. The second kappa shape index (κ2) is 12.0. The summed E-state index contributed by atoms with van der Waals surface area (Å²) >= 11 is 0. The zero-order valence-corrected chi connectivity index (χ0v) is 23.1. The van der Waals surface area contributed by atoms with Gasteiger partial charge in [-0.15, -0.1) is 0 Å². The number of piperidine rings is 1. The first-order valence-corrected chi connectivity index (χ1v) is 13.5. The molecule has 0 aromatic carbocycles. The van der Waals surface area contributed by atoms with E-state index in [1.165, 1.54) is 0 Å². The lowest BCUT2D eigenvalue weighted by Gasteiger charge is -2.34. The minimum absolute atomic E-state index is 0.0139. The summed E-state index contributed by atoms with van der Waals surface area (Å²) in [6.07, 6.45) is 3.74. The Morgan fingerprint density at radius 3 is 2.40 bits per heavy atom. The molecule has 1 amide bonds. The van der Waals surface area contributed by atoms with Crippen molar-refractivity contribution in [1.29, 1.82) is 0 Å². The Bertz CT molecular complexity index is 958. The van der Waals surface area contributed by atoms with Crippen molar-refractivity contribution in [3.05, 3.63) is 6.33 Å². The van der Waals surface area contributed by atoms with E-state index in [1.54, 1.807) is 0 Å². The van der Waals surface area contributed by atoms with Gasteiger partial charge >= 0.3 is 0 Å². The summed E-state index contributed by atoms with van der Waals surface area (Å²) < 4.78 is 2.10. The maximum Gasteiger partial charge on any atom is 0.229 e. The third-order valence-corrected chi connectivity index (χ3v) is 7.08. The lowest BCUT2D eigenvalue weighted by atomic mass is 9.96. The normalized spacial score (nSPS) is 16.8. The molecule has 0 bridgehead atoms. The van der Waals surface area contributed by atoms with Gasteiger partial charge in [-0.25, -0.2) is 4.98 Å². The average Bonchev–Trinajstić information content (AvgIpc) is 3.26. The van der Waals surface area contributed by atoms with Crippen LogP contribution in [0.25, 0.3) is 11.2 Å².